The fourth-order valence-corrected chi connectivity index (χ4v) is 3.50. The van der Waals surface area contributed by atoms with Crippen molar-refractivity contribution in [3.05, 3.63) is 12.2 Å². The maximum Gasteiger partial charge on any atom is 0.401 e. The minimum absolute atomic E-state index is 0.0601. The number of rotatable bonds is 6. The normalized spacial score (nSPS) is 22.4. The van der Waals surface area contributed by atoms with Crippen molar-refractivity contribution in [2.45, 2.75) is 57.7 Å². The van der Waals surface area contributed by atoms with Crippen LogP contribution in [0.4, 0.5) is 0 Å². The average Bonchev–Trinajstić information content (AvgIpc) is 2.18. The van der Waals surface area contributed by atoms with E-state index in [4.69, 9.17) is 9.05 Å². The van der Waals surface area contributed by atoms with E-state index in [1.807, 2.05) is 0 Å². The topological polar surface area (TPSA) is 52.6 Å². The smallest absolute Gasteiger partial charge is 0.300 e. The largest absolute Gasteiger partial charge is 0.401 e. The summed E-state index contributed by atoms with van der Waals surface area (Å²) >= 11 is 0. The van der Waals surface area contributed by atoms with E-state index in [2.05, 4.69) is 0 Å². The first-order valence-electron chi connectivity index (χ1n) is 6.28. The molecule has 4 nitrogen and oxygen atoms in total. The van der Waals surface area contributed by atoms with Crippen molar-refractivity contribution < 1.29 is 18.4 Å². The summed E-state index contributed by atoms with van der Waals surface area (Å²) in [5.74, 6) is 0. The van der Waals surface area contributed by atoms with Gasteiger partial charge in [-0.05, 0) is 51.5 Å². The van der Waals surface area contributed by atoms with Gasteiger partial charge in [0.25, 0.3) is 5.52 Å². The van der Waals surface area contributed by atoms with Crippen molar-refractivity contribution >= 4 is 13.1 Å². The molecule has 2 aliphatic rings. The molecule has 96 valence electrons. The van der Waals surface area contributed by atoms with Crippen LogP contribution in [-0.4, -0.2) is 17.7 Å². The first-order chi connectivity index (χ1) is 8.14. The maximum atomic E-state index is 12.5. The molecule has 0 radical (unpaired) electrons. The Bertz CT molecular complexity index is 336. The van der Waals surface area contributed by atoms with Gasteiger partial charge >= 0.3 is 7.60 Å². The highest BCUT2D eigenvalue weighted by atomic mass is 31.2. The zero-order valence-corrected chi connectivity index (χ0v) is 11.0. The summed E-state index contributed by atoms with van der Waals surface area (Å²) in [6.45, 7) is 1.72. The van der Waals surface area contributed by atoms with Gasteiger partial charge in [-0.3, -0.25) is 18.4 Å². The summed E-state index contributed by atoms with van der Waals surface area (Å²) in [6, 6.07) is 0. The minimum atomic E-state index is -3.60. The van der Waals surface area contributed by atoms with Gasteiger partial charge < -0.3 is 0 Å². The van der Waals surface area contributed by atoms with E-state index >= 15 is 0 Å². The van der Waals surface area contributed by atoms with E-state index in [1.54, 1.807) is 13.0 Å². The number of hydrogen-bond donors (Lipinski definition) is 0. The fraction of sp³-hybridized carbons (Fsp3) is 0.750. The lowest BCUT2D eigenvalue weighted by atomic mass is 9.97. The molecule has 0 N–H and O–H groups in total. The Morgan fingerprint density at radius 2 is 1.59 bits per heavy atom. The summed E-state index contributed by atoms with van der Waals surface area (Å²) in [5, 5.41) is 0. The molecule has 0 aliphatic heterocycles. The molecule has 2 fully saturated rings. The van der Waals surface area contributed by atoms with Gasteiger partial charge in [0.15, 0.2) is 0 Å². The standard InChI is InChI=1S/C12H19O4P/c1-2-5-12(13)17(14,15-10-6-3-7-10)16-11-8-4-9-11/h2,5,10-11H,3-4,6-9H2,1H3. The van der Waals surface area contributed by atoms with Crippen LogP contribution in [0.2, 0.25) is 0 Å². The Kier molecular flexibility index (Phi) is 4.18. The molecule has 0 unspecified atom stereocenters. The third-order valence-electron chi connectivity index (χ3n) is 3.26. The summed E-state index contributed by atoms with van der Waals surface area (Å²) < 4.78 is 23.3. The number of carbonyl (C=O) groups is 1. The highest BCUT2D eigenvalue weighted by molar-refractivity contribution is 7.72. The Balaban J connectivity index is 2.02. The first kappa shape index (κ1) is 13.0. The molecule has 0 atom stereocenters. The maximum absolute atomic E-state index is 12.5. The molecule has 2 aliphatic carbocycles. The Hall–Kier alpha value is -0.440. The molecule has 2 saturated carbocycles. The zero-order chi connectivity index (χ0) is 12.3. The molecule has 17 heavy (non-hydrogen) atoms. The van der Waals surface area contributed by atoms with Crippen molar-refractivity contribution in [2.24, 2.45) is 0 Å². The van der Waals surface area contributed by atoms with E-state index in [9.17, 15) is 9.36 Å². The van der Waals surface area contributed by atoms with E-state index < -0.39 is 13.1 Å². The van der Waals surface area contributed by atoms with Gasteiger partial charge in [0.1, 0.15) is 0 Å². The fourth-order valence-electron chi connectivity index (χ4n) is 1.71. The molecule has 0 aromatic carbocycles. The lowest BCUT2D eigenvalue weighted by molar-refractivity contribution is -0.111. The van der Waals surface area contributed by atoms with Crippen LogP contribution < -0.4 is 0 Å². The average molecular weight is 258 g/mol. The number of carbonyl (C=O) groups excluding carboxylic acids is 1. The van der Waals surface area contributed by atoms with Gasteiger partial charge in [0.2, 0.25) is 0 Å². The predicted octanol–water partition coefficient (Wildman–Crippen LogP) is 3.42. The van der Waals surface area contributed by atoms with E-state index in [0.717, 1.165) is 38.5 Å². The predicted molar refractivity (Wildman–Crippen MR) is 64.9 cm³/mol. The summed E-state index contributed by atoms with van der Waals surface area (Å²) in [7, 11) is -3.60. The Morgan fingerprint density at radius 1 is 1.12 bits per heavy atom. The lowest BCUT2D eigenvalue weighted by Gasteiger charge is -2.33. The molecule has 0 amide bonds. The third kappa shape index (κ3) is 3.06. The Labute approximate surface area is 102 Å². The molecule has 0 saturated heterocycles. The third-order valence-corrected chi connectivity index (χ3v) is 5.10. The van der Waals surface area contributed by atoms with Gasteiger partial charge in [-0.15, -0.1) is 0 Å². The van der Waals surface area contributed by atoms with Crippen LogP contribution in [0.25, 0.3) is 0 Å². The lowest BCUT2D eigenvalue weighted by Crippen LogP contribution is -2.27. The second kappa shape index (κ2) is 5.47. The van der Waals surface area contributed by atoms with Crippen molar-refractivity contribution in [1.29, 1.82) is 0 Å². The van der Waals surface area contributed by atoms with Crippen molar-refractivity contribution in [3.63, 3.8) is 0 Å². The molecule has 0 spiro atoms. The van der Waals surface area contributed by atoms with Crippen molar-refractivity contribution in [3.8, 4) is 0 Å². The second-order valence-electron chi connectivity index (χ2n) is 4.65. The Morgan fingerprint density at radius 3 is 1.88 bits per heavy atom. The molecular weight excluding hydrogens is 239 g/mol. The van der Waals surface area contributed by atoms with Crippen molar-refractivity contribution in [1.82, 2.24) is 0 Å². The zero-order valence-electron chi connectivity index (χ0n) is 10.1. The summed E-state index contributed by atoms with van der Waals surface area (Å²) in [6.07, 6.45) is 8.40. The number of hydrogen-bond acceptors (Lipinski definition) is 4. The van der Waals surface area contributed by atoms with E-state index in [-0.39, 0.29) is 12.2 Å². The van der Waals surface area contributed by atoms with Crippen LogP contribution in [0.15, 0.2) is 12.2 Å². The molecule has 2 rings (SSSR count). The van der Waals surface area contributed by atoms with Gasteiger partial charge in [0, 0.05) is 0 Å². The van der Waals surface area contributed by atoms with Gasteiger partial charge in [-0.1, -0.05) is 6.08 Å². The first-order valence-corrected chi connectivity index (χ1v) is 7.82. The van der Waals surface area contributed by atoms with Crippen LogP contribution in [-0.2, 0) is 18.4 Å². The van der Waals surface area contributed by atoms with Crippen LogP contribution in [0, 0.1) is 0 Å². The molecule has 0 heterocycles. The van der Waals surface area contributed by atoms with Gasteiger partial charge in [0.05, 0.1) is 12.2 Å². The monoisotopic (exact) mass is 258 g/mol. The summed E-state index contributed by atoms with van der Waals surface area (Å²) in [5.41, 5.74) is -0.515. The van der Waals surface area contributed by atoms with Crippen LogP contribution in [0.5, 0.6) is 0 Å². The highest BCUT2D eigenvalue weighted by Crippen LogP contribution is 2.55. The van der Waals surface area contributed by atoms with Gasteiger partial charge in [-0.2, -0.15) is 0 Å². The van der Waals surface area contributed by atoms with Crippen molar-refractivity contribution in [2.75, 3.05) is 0 Å². The van der Waals surface area contributed by atoms with Gasteiger partial charge in [-0.25, -0.2) is 0 Å². The van der Waals surface area contributed by atoms with Crippen LogP contribution in [0.1, 0.15) is 45.4 Å². The SMILES string of the molecule is CC=CC(=O)P(=O)(OC1CCC1)OC1CCC1. The quantitative estimate of drug-likeness (QED) is 0.541. The second-order valence-corrected chi connectivity index (χ2v) is 6.51. The summed E-state index contributed by atoms with van der Waals surface area (Å²) in [4.78, 5) is 11.8. The van der Waals surface area contributed by atoms with Crippen LogP contribution >= 0.6 is 7.60 Å². The van der Waals surface area contributed by atoms with Crippen LogP contribution in [0.3, 0.4) is 0 Å². The minimum Gasteiger partial charge on any atom is -0.300 e. The van der Waals surface area contributed by atoms with E-state index in [0.29, 0.717) is 0 Å². The van der Waals surface area contributed by atoms with E-state index in [1.165, 1.54) is 6.08 Å². The molecule has 0 aromatic rings. The molecule has 5 heteroatoms. The number of allylic oxidation sites excluding steroid dienone is 2. The highest BCUT2D eigenvalue weighted by Gasteiger charge is 2.40. The molecule has 0 bridgehead atoms. The molecular formula is C12H19O4P. The molecule has 0 aromatic heterocycles.